The molecule has 0 atom stereocenters. The number of carbonyl (C=O) groups excluding carboxylic acids is 3. The quantitative estimate of drug-likeness (QED) is 0.766. The SMILES string of the molecule is O=C(CN1C(=O)S/C(=C\c2ccc(C(F)(F)F)cc2)C1=O)Nc1ccccc1. The van der Waals surface area contributed by atoms with Gasteiger partial charge in [-0.2, -0.15) is 13.2 Å². The predicted molar refractivity (Wildman–Crippen MR) is 99.2 cm³/mol. The Hall–Kier alpha value is -3.07. The van der Waals surface area contributed by atoms with Crippen LogP contribution in [0.1, 0.15) is 11.1 Å². The molecule has 1 aliphatic rings. The van der Waals surface area contributed by atoms with Gasteiger partial charge in [-0.25, -0.2) is 0 Å². The van der Waals surface area contributed by atoms with Crippen LogP contribution in [-0.4, -0.2) is 28.5 Å². The molecule has 2 aromatic carbocycles. The van der Waals surface area contributed by atoms with E-state index in [0.717, 1.165) is 17.0 Å². The van der Waals surface area contributed by atoms with Gasteiger partial charge in [0.2, 0.25) is 5.91 Å². The molecule has 9 heteroatoms. The van der Waals surface area contributed by atoms with E-state index in [1.165, 1.54) is 18.2 Å². The number of benzene rings is 2. The number of amides is 3. The third kappa shape index (κ3) is 4.61. The van der Waals surface area contributed by atoms with Crippen LogP contribution in [-0.2, 0) is 15.8 Å². The van der Waals surface area contributed by atoms with Crippen LogP contribution in [0, 0.1) is 0 Å². The fraction of sp³-hybridized carbons (Fsp3) is 0.105. The zero-order valence-electron chi connectivity index (χ0n) is 14.2. The van der Waals surface area contributed by atoms with Crippen LogP contribution >= 0.6 is 11.8 Å². The summed E-state index contributed by atoms with van der Waals surface area (Å²) in [7, 11) is 0. The first-order chi connectivity index (χ1) is 13.2. The first kappa shape index (κ1) is 19.7. The van der Waals surface area contributed by atoms with Crippen molar-refractivity contribution in [1.82, 2.24) is 4.90 Å². The van der Waals surface area contributed by atoms with Gasteiger partial charge >= 0.3 is 6.18 Å². The minimum atomic E-state index is -4.46. The molecule has 28 heavy (non-hydrogen) atoms. The summed E-state index contributed by atoms with van der Waals surface area (Å²) in [6.45, 7) is -0.454. The second-order valence-corrected chi connectivity index (χ2v) is 6.80. The van der Waals surface area contributed by atoms with E-state index in [1.54, 1.807) is 30.3 Å². The Morgan fingerprint density at radius 3 is 2.29 bits per heavy atom. The number of alkyl halides is 3. The molecule has 1 aliphatic heterocycles. The molecule has 2 aromatic rings. The van der Waals surface area contributed by atoms with Crippen LogP contribution < -0.4 is 5.32 Å². The van der Waals surface area contributed by atoms with Gasteiger partial charge in [0.05, 0.1) is 10.5 Å². The minimum absolute atomic E-state index is 0.0391. The highest BCUT2D eigenvalue weighted by Gasteiger charge is 2.36. The average molecular weight is 406 g/mol. The maximum Gasteiger partial charge on any atom is 0.416 e. The Bertz CT molecular complexity index is 941. The number of rotatable bonds is 4. The Morgan fingerprint density at radius 2 is 1.68 bits per heavy atom. The van der Waals surface area contributed by atoms with Gasteiger partial charge in [0.25, 0.3) is 11.1 Å². The summed E-state index contributed by atoms with van der Waals surface area (Å²) in [5.41, 5.74) is 0.0577. The molecule has 1 fully saturated rings. The number of halogens is 3. The molecule has 1 saturated heterocycles. The van der Waals surface area contributed by atoms with E-state index in [-0.39, 0.29) is 4.91 Å². The van der Waals surface area contributed by atoms with Crippen molar-refractivity contribution in [1.29, 1.82) is 0 Å². The smallest absolute Gasteiger partial charge is 0.325 e. The molecular formula is C19H13F3N2O3S. The Morgan fingerprint density at radius 1 is 1.04 bits per heavy atom. The summed E-state index contributed by atoms with van der Waals surface area (Å²) >= 11 is 0.631. The zero-order chi connectivity index (χ0) is 20.3. The van der Waals surface area contributed by atoms with Crippen molar-refractivity contribution in [2.75, 3.05) is 11.9 Å². The van der Waals surface area contributed by atoms with Crippen LogP contribution in [0.25, 0.3) is 6.08 Å². The average Bonchev–Trinajstić information content (AvgIpc) is 2.90. The van der Waals surface area contributed by atoms with E-state index in [1.807, 2.05) is 0 Å². The number of hydrogen-bond donors (Lipinski definition) is 1. The fourth-order valence-electron chi connectivity index (χ4n) is 2.42. The lowest BCUT2D eigenvalue weighted by Gasteiger charge is -2.12. The van der Waals surface area contributed by atoms with Crippen molar-refractivity contribution in [2.24, 2.45) is 0 Å². The van der Waals surface area contributed by atoms with Crippen molar-refractivity contribution in [3.05, 3.63) is 70.6 Å². The van der Waals surface area contributed by atoms with Gasteiger partial charge in [-0.3, -0.25) is 19.3 Å². The number of imide groups is 1. The van der Waals surface area contributed by atoms with Gasteiger partial charge in [-0.15, -0.1) is 0 Å². The van der Waals surface area contributed by atoms with E-state index in [2.05, 4.69) is 5.32 Å². The molecule has 5 nitrogen and oxygen atoms in total. The minimum Gasteiger partial charge on any atom is -0.325 e. The van der Waals surface area contributed by atoms with E-state index in [4.69, 9.17) is 0 Å². The van der Waals surface area contributed by atoms with Crippen LogP contribution in [0.4, 0.5) is 23.7 Å². The normalized spacial score (nSPS) is 16.0. The van der Waals surface area contributed by atoms with Crippen molar-refractivity contribution in [3.63, 3.8) is 0 Å². The summed E-state index contributed by atoms with van der Waals surface area (Å²) in [4.78, 5) is 37.3. The first-order valence-electron chi connectivity index (χ1n) is 8.01. The maximum atomic E-state index is 12.6. The van der Waals surface area contributed by atoms with Crippen LogP contribution in [0.3, 0.4) is 0 Å². The van der Waals surface area contributed by atoms with E-state index >= 15 is 0 Å². The molecule has 0 radical (unpaired) electrons. The Balaban J connectivity index is 1.69. The van der Waals surface area contributed by atoms with Crippen molar-refractivity contribution >= 4 is 40.6 Å². The molecule has 0 spiro atoms. The first-order valence-corrected chi connectivity index (χ1v) is 8.83. The Labute approximate surface area is 162 Å². The summed E-state index contributed by atoms with van der Waals surface area (Å²) in [5.74, 6) is -1.21. The molecule has 0 bridgehead atoms. The monoisotopic (exact) mass is 406 g/mol. The van der Waals surface area contributed by atoms with Gasteiger partial charge in [-0.05, 0) is 47.7 Å². The predicted octanol–water partition coefficient (Wildman–Crippen LogP) is 4.38. The number of para-hydroxylation sites is 1. The number of nitrogens with one attached hydrogen (secondary N) is 1. The van der Waals surface area contributed by atoms with Crippen molar-refractivity contribution < 1.29 is 27.6 Å². The lowest BCUT2D eigenvalue weighted by atomic mass is 10.1. The molecule has 1 heterocycles. The summed E-state index contributed by atoms with van der Waals surface area (Å²) in [5, 5.41) is 1.96. The fourth-order valence-corrected chi connectivity index (χ4v) is 3.26. The third-order valence-corrected chi connectivity index (χ3v) is 4.68. The van der Waals surface area contributed by atoms with Gasteiger partial charge < -0.3 is 5.32 Å². The van der Waals surface area contributed by atoms with Crippen LogP contribution in [0.15, 0.2) is 59.5 Å². The molecule has 0 unspecified atom stereocenters. The van der Waals surface area contributed by atoms with Gasteiger partial charge in [-0.1, -0.05) is 30.3 Å². The van der Waals surface area contributed by atoms with E-state index < -0.39 is 35.3 Å². The molecule has 144 valence electrons. The van der Waals surface area contributed by atoms with Crippen LogP contribution in [0.5, 0.6) is 0 Å². The second kappa shape index (κ2) is 7.89. The summed E-state index contributed by atoms with van der Waals surface area (Å²) in [6, 6.07) is 12.8. The second-order valence-electron chi connectivity index (χ2n) is 5.80. The van der Waals surface area contributed by atoms with E-state index in [0.29, 0.717) is 23.0 Å². The largest absolute Gasteiger partial charge is 0.416 e. The highest BCUT2D eigenvalue weighted by atomic mass is 32.2. The highest BCUT2D eigenvalue weighted by Crippen LogP contribution is 2.33. The molecule has 0 saturated carbocycles. The third-order valence-electron chi connectivity index (χ3n) is 3.77. The molecule has 1 N–H and O–H groups in total. The molecule has 3 amide bonds. The summed E-state index contributed by atoms with van der Waals surface area (Å²) in [6.07, 6.45) is -3.14. The van der Waals surface area contributed by atoms with Gasteiger partial charge in [0.15, 0.2) is 0 Å². The molecular weight excluding hydrogens is 393 g/mol. The Kier molecular flexibility index (Phi) is 5.55. The lowest BCUT2D eigenvalue weighted by molar-refractivity contribution is -0.137. The van der Waals surface area contributed by atoms with Crippen LogP contribution in [0.2, 0.25) is 0 Å². The topological polar surface area (TPSA) is 66.5 Å². The van der Waals surface area contributed by atoms with Gasteiger partial charge in [0, 0.05) is 5.69 Å². The lowest BCUT2D eigenvalue weighted by Crippen LogP contribution is -2.36. The number of anilines is 1. The van der Waals surface area contributed by atoms with Gasteiger partial charge in [0.1, 0.15) is 6.54 Å². The van der Waals surface area contributed by atoms with E-state index in [9.17, 15) is 27.6 Å². The molecule has 3 rings (SSSR count). The number of hydrogen-bond acceptors (Lipinski definition) is 4. The van der Waals surface area contributed by atoms with Crippen molar-refractivity contribution in [2.45, 2.75) is 6.18 Å². The molecule has 0 aliphatic carbocycles. The number of thioether (sulfide) groups is 1. The van der Waals surface area contributed by atoms with Crippen molar-refractivity contribution in [3.8, 4) is 0 Å². The number of nitrogens with zero attached hydrogens (tertiary/aromatic N) is 1. The standard InChI is InChI=1S/C19H13F3N2O3S/c20-19(21,22)13-8-6-12(7-9-13)10-15-17(26)24(18(27)28-15)11-16(25)23-14-4-2-1-3-5-14/h1-10H,11H2,(H,23,25)/b15-10-. The molecule has 0 aromatic heterocycles. The maximum absolute atomic E-state index is 12.6. The zero-order valence-corrected chi connectivity index (χ0v) is 15.0. The summed E-state index contributed by atoms with van der Waals surface area (Å²) < 4.78 is 37.8. The number of carbonyl (C=O) groups is 3. The highest BCUT2D eigenvalue weighted by molar-refractivity contribution is 8.18.